The van der Waals surface area contributed by atoms with Crippen LogP contribution in [-0.4, -0.2) is 26.9 Å². The molecule has 0 fully saturated rings. The molecule has 0 radical (unpaired) electrons. The van der Waals surface area contributed by atoms with Gasteiger partial charge in [0.2, 0.25) is 16.8 Å². The van der Waals surface area contributed by atoms with Crippen LogP contribution >= 0.6 is 0 Å². The molecule has 0 aromatic heterocycles. The van der Waals surface area contributed by atoms with Gasteiger partial charge in [0.25, 0.3) is 5.91 Å². The monoisotopic (exact) mass is 376 g/mol. The largest absolute Gasteiger partial charge is 0.454 e. The molecule has 3 rings (SSSR count). The average molecular weight is 376 g/mol. The highest BCUT2D eigenvalue weighted by molar-refractivity contribution is 7.92. The maximum atomic E-state index is 12.6. The van der Waals surface area contributed by atoms with E-state index >= 15 is 0 Å². The van der Waals surface area contributed by atoms with Crippen molar-refractivity contribution in [1.29, 1.82) is 0 Å². The van der Waals surface area contributed by atoms with Crippen molar-refractivity contribution in [3.05, 3.63) is 53.6 Å². The first kappa shape index (κ1) is 18.1. The standard InChI is InChI=1S/C18H20N2O5S/c1-2-10-26(22,23)20-15-8-4-3-7-14(15)18(21)19-11-13-6-5-9-16-17(13)25-12-24-16/h3-9,20H,2,10-12H2,1H3,(H,19,21). The Morgan fingerprint density at radius 3 is 2.73 bits per heavy atom. The van der Waals surface area contributed by atoms with Crippen molar-refractivity contribution in [2.75, 3.05) is 17.3 Å². The highest BCUT2D eigenvalue weighted by Gasteiger charge is 2.19. The third kappa shape index (κ3) is 4.08. The molecule has 0 unspecified atom stereocenters. The Kier molecular flexibility index (Phi) is 5.32. The van der Waals surface area contributed by atoms with Crippen LogP contribution in [0.5, 0.6) is 11.5 Å². The minimum Gasteiger partial charge on any atom is -0.454 e. The summed E-state index contributed by atoms with van der Waals surface area (Å²) in [5, 5.41) is 2.79. The first-order valence-corrected chi connectivity index (χ1v) is 9.90. The highest BCUT2D eigenvalue weighted by Crippen LogP contribution is 2.35. The average Bonchev–Trinajstić information content (AvgIpc) is 3.09. The molecular weight excluding hydrogens is 356 g/mol. The second-order valence-electron chi connectivity index (χ2n) is 5.80. The van der Waals surface area contributed by atoms with Crippen LogP contribution in [-0.2, 0) is 16.6 Å². The number of carbonyl (C=O) groups excluding carboxylic acids is 1. The second kappa shape index (κ2) is 7.65. The highest BCUT2D eigenvalue weighted by atomic mass is 32.2. The molecule has 1 aliphatic rings. The third-order valence-corrected chi connectivity index (χ3v) is 5.30. The van der Waals surface area contributed by atoms with E-state index in [0.717, 1.165) is 5.56 Å². The normalized spacial score (nSPS) is 12.7. The van der Waals surface area contributed by atoms with Crippen molar-refractivity contribution in [2.45, 2.75) is 19.9 Å². The molecule has 0 spiro atoms. The molecule has 0 atom stereocenters. The predicted octanol–water partition coefficient (Wildman–Crippen LogP) is 2.50. The quantitative estimate of drug-likeness (QED) is 0.774. The van der Waals surface area contributed by atoms with Gasteiger partial charge in [-0.05, 0) is 24.6 Å². The van der Waals surface area contributed by atoms with Gasteiger partial charge in [0.15, 0.2) is 11.5 Å². The molecule has 138 valence electrons. The summed E-state index contributed by atoms with van der Waals surface area (Å²) in [6, 6.07) is 12.0. The summed E-state index contributed by atoms with van der Waals surface area (Å²) >= 11 is 0. The van der Waals surface area contributed by atoms with E-state index in [4.69, 9.17) is 9.47 Å². The Hall–Kier alpha value is -2.74. The van der Waals surface area contributed by atoms with Crippen molar-refractivity contribution in [2.24, 2.45) is 0 Å². The van der Waals surface area contributed by atoms with Gasteiger partial charge < -0.3 is 14.8 Å². The number of benzene rings is 2. The Labute approximate surface area is 152 Å². The molecule has 7 nitrogen and oxygen atoms in total. The number of para-hydroxylation sites is 2. The van der Waals surface area contributed by atoms with Crippen molar-refractivity contribution in [1.82, 2.24) is 5.32 Å². The smallest absolute Gasteiger partial charge is 0.253 e. The SMILES string of the molecule is CCCS(=O)(=O)Nc1ccccc1C(=O)NCc1cccc2c1OCO2. The van der Waals surface area contributed by atoms with E-state index in [1.54, 1.807) is 37.3 Å². The Morgan fingerprint density at radius 2 is 1.92 bits per heavy atom. The van der Waals surface area contributed by atoms with Gasteiger partial charge in [-0.15, -0.1) is 0 Å². The van der Waals surface area contributed by atoms with Crippen LogP contribution in [0.2, 0.25) is 0 Å². The number of rotatable bonds is 7. The number of nitrogens with one attached hydrogen (secondary N) is 2. The number of ether oxygens (including phenoxy) is 2. The van der Waals surface area contributed by atoms with Crippen LogP contribution in [0.4, 0.5) is 5.69 Å². The lowest BCUT2D eigenvalue weighted by Gasteiger charge is -2.13. The van der Waals surface area contributed by atoms with Crippen molar-refractivity contribution in [3.63, 3.8) is 0 Å². The van der Waals surface area contributed by atoms with Gasteiger partial charge in [-0.2, -0.15) is 0 Å². The van der Waals surface area contributed by atoms with Crippen LogP contribution in [0.15, 0.2) is 42.5 Å². The minimum absolute atomic E-state index is 0.00353. The summed E-state index contributed by atoms with van der Waals surface area (Å²) in [4.78, 5) is 12.6. The fourth-order valence-electron chi connectivity index (χ4n) is 2.66. The van der Waals surface area contributed by atoms with Gasteiger partial charge in [-0.1, -0.05) is 31.2 Å². The first-order chi connectivity index (χ1) is 12.5. The van der Waals surface area contributed by atoms with Crippen LogP contribution in [0.1, 0.15) is 29.3 Å². The molecule has 1 amide bonds. The van der Waals surface area contributed by atoms with Crippen molar-refractivity contribution < 1.29 is 22.7 Å². The van der Waals surface area contributed by atoms with Crippen LogP contribution in [0.25, 0.3) is 0 Å². The van der Waals surface area contributed by atoms with E-state index in [-0.39, 0.29) is 36.2 Å². The summed E-state index contributed by atoms with van der Waals surface area (Å²) in [6.07, 6.45) is 0.491. The van der Waals surface area contributed by atoms with Crippen molar-refractivity contribution in [3.8, 4) is 11.5 Å². The lowest BCUT2D eigenvalue weighted by molar-refractivity contribution is 0.0951. The Bertz CT molecular complexity index is 912. The zero-order chi connectivity index (χ0) is 18.6. The molecule has 0 saturated carbocycles. The van der Waals surface area contributed by atoms with E-state index in [1.807, 2.05) is 12.1 Å². The summed E-state index contributed by atoms with van der Waals surface area (Å²) in [5.74, 6) is 0.877. The number of hydrogen-bond acceptors (Lipinski definition) is 5. The van der Waals surface area contributed by atoms with Crippen LogP contribution in [0.3, 0.4) is 0 Å². The van der Waals surface area contributed by atoms with E-state index in [9.17, 15) is 13.2 Å². The zero-order valence-corrected chi connectivity index (χ0v) is 15.1. The number of sulfonamides is 1. The second-order valence-corrected chi connectivity index (χ2v) is 7.64. The summed E-state index contributed by atoms with van der Waals surface area (Å²) in [7, 11) is -3.48. The number of amides is 1. The fourth-order valence-corrected chi connectivity index (χ4v) is 3.81. The van der Waals surface area contributed by atoms with E-state index in [0.29, 0.717) is 17.9 Å². The molecule has 0 saturated heterocycles. The van der Waals surface area contributed by atoms with Gasteiger partial charge in [-0.3, -0.25) is 9.52 Å². The Balaban J connectivity index is 1.74. The molecule has 2 N–H and O–H groups in total. The number of hydrogen-bond donors (Lipinski definition) is 2. The maximum absolute atomic E-state index is 12.6. The zero-order valence-electron chi connectivity index (χ0n) is 14.3. The molecule has 1 heterocycles. The van der Waals surface area contributed by atoms with E-state index in [2.05, 4.69) is 10.0 Å². The molecule has 1 aliphatic heterocycles. The molecule has 26 heavy (non-hydrogen) atoms. The lowest BCUT2D eigenvalue weighted by atomic mass is 10.1. The number of carbonyl (C=O) groups is 1. The molecule has 0 bridgehead atoms. The number of fused-ring (bicyclic) bond motifs is 1. The summed E-state index contributed by atoms with van der Waals surface area (Å²) in [5.41, 5.74) is 1.31. The number of anilines is 1. The molecule has 8 heteroatoms. The van der Waals surface area contributed by atoms with Crippen LogP contribution < -0.4 is 19.5 Å². The van der Waals surface area contributed by atoms with Gasteiger partial charge in [0.1, 0.15) is 0 Å². The Morgan fingerprint density at radius 1 is 1.12 bits per heavy atom. The van der Waals surface area contributed by atoms with E-state index < -0.39 is 10.0 Å². The first-order valence-electron chi connectivity index (χ1n) is 8.25. The van der Waals surface area contributed by atoms with E-state index in [1.165, 1.54) is 0 Å². The molecule has 2 aromatic carbocycles. The van der Waals surface area contributed by atoms with Crippen LogP contribution in [0, 0.1) is 0 Å². The van der Waals surface area contributed by atoms with Gasteiger partial charge >= 0.3 is 0 Å². The molecule has 0 aliphatic carbocycles. The summed E-state index contributed by atoms with van der Waals surface area (Å²) in [6.45, 7) is 2.17. The lowest BCUT2D eigenvalue weighted by Crippen LogP contribution is -2.25. The van der Waals surface area contributed by atoms with Crippen molar-refractivity contribution >= 4 is 21.6 Å². The minimum atomic E-state index is -3.48. The summed E-state index contributed by atoms with van der Waals surface area (Å²) < 4.78 is 37.2. The molecular formula is C18H20N2O5S. The maximum Gasteiger partial charge on any atom is 0.253 e. The predicted molar refractivity (Wildman–Crippen MR) is 97.9 cm³/mol. The third-order valence-electron chi connectivity index (χ3n) is 3.83. The van der Waals surface area contributed by atoms with Gasteiger partial charge in [-0.25, -0.2) is 8.42 Å². The molecule has 2 aromatic rings. The fraction of sp³-hybridized carbons (Fsp3) is 0.278. The van der Waals surface area contributed by atoms with Gasteiger partial charge in [0.05, 0.1) is 17.0 Å². The topological polar surface area (TPSA) is 93.7 Å². The van der Waals surface area contributed by atoms with Gasteiger partial charge in [0, 0.05) is 12.1 Å².